The summed E-state index contributed by atoms with van der Waals surface area (Å²) in [6.45, 7) is 0. The number of hydrogen-bond donors (Lipinski definition) is 0. The fourth-order valence-electron chi connectivity index (χ4n) is 1.47. The zero-order valence-corrected chi connectivity index (χ0v) is 12.5. The maximum Gasteiger partial charge on any atom is 0.145 e. The maximum atomic E-state index is 8.99. The smallest absolute Gasteiger partial charge is 0.145 e. The number of benzene rings is 2. The van der Waals surface area contributed by atoms with Gasteiger partial charge >= 0.3 is 0 Å². The molecule has 4 heteroatoms. The van der Waals surface area contributed by atoms with Crippen LogP contribution in [0.4, 0.5) is 0 Å². The van der Waals surface area contributed by atoms with Gasteiger partial charge in [-0.15, -0.1) is 0 Å². The largest absolute Gasteiger partial charge is 0.456 e. The number of halogens is 2. The molecule has 0 saturated heterocycles. The van der Waals surface area contributed by atoms with Gasteiger partial charge in [0.25, 0.3) is 0 Å². The summed E-state index contributed by atoms with van der Waals surface area (Å²) in [7, 11) is 0. The quantitative estimate of drug-likeness (QED) is 0.715. The lowest BCUT2D eigenvalue weighted by molar-refractivity contribution is 0.480. The molecule has 2 aromatic rings. The monoisotopic (exact) mass is 365 g/mol. The molecule has 0 spiro atoms. The van der Waals surface area contributed by atoms with Crippen LogP contribution in [0.5, 0.6) is 11.5 Å². The lowest BCUT2D eigenvalue weighted by Crippen LogP contribution is -1.89. The molecule has 90 valence electrons. The van der Waals surface area contributed by atoms with Crippen molar-refractivity contribution in [3.63, 3.8) is 0 Å². The van der Waals surface area contributed by atoms with Gasteiger partial charge in [0.15, 0.2) is 0 Å². The second kappa shape index (κ2) is 6.03. The second-order valence-electron chi connectivity index (χ2n) is 3.60. The van der Waals surface area contributed by atoms with Gasteiger partial charge < -0.3 is 4.74 Å². The minimum atomic E-state index is 0.526. The van der Waals surface area contributed by atoms with Crippen molar-refractivity contribution in [1.29, 1.82) is 5.26 Å². The van der Waals surface area contributed by atoms with E-state index >= 15 is 0 Å². The van der Waals surface area contributed by atoms with Crippen LogP contribution in [0.25, 0.3) is 0 Å². The van der Waals surface area contributed by atoms with Crippen molar-refractivity contribution in [2.24, 2.45) is 0 Å². The van der Waals surface area contributed by atoms with E-state index in [1.54, 1.807) is 12.1 Å². The van der Waals surface area contributed by atoms with E-state index in [1.807, 2.05) is 30.3 Å². The maximum absolute atomic E-state index is 8.99. The molecule has 0 atom stereocenters. The Kier molecular flexibility index (Phi) is 4.40. The third-order valence-corrected chi connectivity index (χ3v) is 3.75. The Morgan fingerprint density at radius 2 is 1.94 bits per heavy atom. The van der Waals surface area contributed by atoms with Crippen LogP contribution in [-0.2, 0) is 5.33 Å². The van der Waals surface area contributed by atoms with Crippen molar-refractivity contribution in [2.45, 2.75) is 5.33 Å². The van der Waals surface area contributed by atoms with Crippen LogP contribution in [0.15, 0.2) is 46.9 Å². The summed E-state index contributed by atoms with van der Waals surface area (Å²) in [5, 5.41) is 9.77. The summed E-state index contributed by atoms with van der Waals surface area (Å²) in [5.41, 5.74) is 1.68. The molecule has 18 heavy (non-hydrogen) atoms. The number of nitrogens with zero attached hydrogens (tertiary/aromatic N) is 1. The highest BCUT2D eigenvalue weighted by atomic mass is 79.9. The second-order valence-corrected chi connectivity index (χ2v) is 5.01. The SMILES string of the molecule is N#Cc1ccccc1Oc1ccc(CBr)c(Br)c1. The molecule has 2 rings (SSSR count). The average Bonchev–Trinajstić information content (AvgIpc) is 2.39. The number of nitriles is 1. The Morgan fingerprint density at radius 3 is 2.61 bits per heavy atom. The molecule has 0 aliphatic carbocycles. The summed E-state index contributed by atoms with van der Waals surface area (Å²) >= 11 is 6.89. The van der Waals surface area contributed by atoms with Gasteiger partial charge in [0.2, 0.25) is 0 Å². The molecule has 0 radical (unpaired) electrons. The van der Waals surface area contributed by atoms with E-state index in [0.717, 1.165) is 15.4 Å². The summed E-state index contributed by atoms with van der Waals surface area (Å²) in [5.74, 6) is 1.27. The van der Waals surface area contributed by atoms with E-state index in [0.29, 0.717) is 17.1 Å². The first-order chi connectivity index (χ1) is 8.74. The van der Waals surface area contributed by atoms with Crippen molar-refractivity contribution in [3.8, 4) is 17.6 Å². The van der Waals surface area contributed by atoms with Crippen LogP contribution < -0.4 is 4.74 Å². The third kappa shape index (κ3) is 2.92. The van der Waals surface area contributed by atoms with Crippen LogP contribution in [-0.4, -0.2) is 0 Å². The number of alkyl halides is 1. The highest BCUT2D eigenvalue weighted by molar-refractivity contribution is 9.10. The first-order valence-corrected chi connectivity index (χ1v) is 7.17. The van der Waals surface area contributed by atoms with Crippen molar-refractivity contribution < 1.29 is 4.74 Å². The zero-order valence-electron chi connectivity index (χ0n) is 9.36. The number of para-hydroxylation sites is 1. The van der Waals surface area contributed by atoms with Gasteiger partial charge in [-0.2, -0.15) is 5.26 Å². The lowest BCUT2D eigenvalue weighted by Gasteiger charge is -2.08. The van der Waals surface area contributed by atoms with Gasteiger partial charge in [0.05, 0.1) is 5.56 Å². The molecule has 2 nitrogen and oxygen atoms in total. The van der Waals surface area contributed by atoms with Gasteiger partial charge in [-0.25, -0.2) is 0 Å². The molecule has 2 aromatic carbocycles. The predicted octanol–water partition coefficient (Wildman–Crippen LogP) is 5.01. The van der Waals surface area contributed by atoms with Gasteiger partial charge in [-0.3, -0.25) is 0 Å². The van der Waals surface area contributed by atoms with Crippen LogP contribution >= 0.6 is 31.9 Å². The summed E-state index contributed by atoms with van der Waals surface area (Å²) in [6, 6.07) is 15.0. The van der Waals surface area contributed by atoms with E-state index < -0.39 is 0 Å². The van der Waals surface area contributed by atoms with Gasteiger partial charge in [-0.1, -0.05) is 50.1 Å². The standard InChI is InChI=1S/C14H9Br2NO/c15-8-10-5-6-12(7-13(10)16)18-14-4-2-1-3-11(14)9-17/h1-7H,8H2. The summed E-state index contributed by atoms with van der Waals surface area (Å²) in [4.78, 5) is 0. The molecule has 0 amide bonds. The Balaban J connectivity index is 2.29. The van der Waals surface area contributed by atoms with E-state index in [4.69, 9.17) is 10.00 Å². The molecule has 0 aliphatic heterocycles. The molecule has 0 saturated carbocycles. The molecule has 0 aromatic heterocycles. The average molecular weight is 367 g/mol. The van der Waals surface area contributed by atoms with Gasteiger partial charge in [0.1, 0.15) is 17.6 Å². The number of ether oxygens (including phenoxy) is 1. The Morgan fingerprint density at radius 1 is 1.17 bits per heavy atom. The molecule has 0 aliphatic rings. The number of rotatable bonds is 3. The van der Waals surface area contributed by atoms with E-state index in [2.05, 4.69) is 37.9 Å². The Bertz CT molecular complexity index is 605. The Labute approximate surface area is 122 Å². The molecule has 0 N–H and O–H groups in total. The molecule has 0 heterocycles. The highest BCUT2D eigenvalue weighted by Crippen LogP contribution is 2.29. The zero-order chi connectivity index (χ0) is 13.0. The Hall–Kier alpha value is -1.31. The van der Waals surface area contributed by atoms with Crippen LogP contribution in [0, 0.1) is 11.3 Å². The van der Waals surface area contributed by atoms with E-state index in [1.165, 1.54) is 0 Å². The lowest BCUT2D eigenvalue weighted by atomic mass is 10.2. The first-order valence-electron chi connectivity index (χ1n) is 5.26. The topological polar surface area (TPSA) is 33.0 Å². The minimum absolute atomic E-state index is 0.526. The molecule has 0 unspecified atom stereocenters. The van der Waals surface area contributed by atoms with Crippen molar-refractivity contribution in [2.75, 3.05) is 0 Å². The molecular weight excluding hydrogens is 358 g/mol. The molecular formula is C14H9Br2NO. The van der Waals surface area contributed by atoms with Gasteiger partial charge in [0, 0.05) is 9.80 Å². The third-order valence-electron chi connectivity index (χ3n) is 2.40. The fraction of sp³-hybridized carbons (Fsp3) is 0.0714. The molecule has 0 fully saturated rings. The van der Waals surface area contributed by atoms with Crippen molar-refractivity contribution in [1.82, 2.24) is 0 Å². The fourth-order valence-corrected chi connectivity index (χ4v) is 2.84. The van der Waals surface area contributed by atoms with Crippen LogP contribution in [0.2, 0.25) is 0 Å². The summed E-state index contributed by atoms with van der Waals surface area (Å²) < 4.78 is 6.69. The normalized spacial score (nSPS) is 9.83. The van der Waals surface area contributed by atoms with E-state index in [-0.39, 0.29) is 0 Å². The summed E-state index contributed by atoms with van der Waals surface area (Å²) in [6.07, 6.45) is 0. The first kappa shape index (κ1) is 13.1. The van der Waals surface area contributed by atoms with E-state index in [9.17, 15) is 0 Å². The predicted molar refractivity (Wildman–Crippen MR) is 78.0 cm³/mol. The van der Waals surface area contributed by atoms with Crippen LogP contribution in [0.3, 0.4) is 0 Å². The van der Waals surface area contributed by atoms with Gasteiger partial charge in [-0.05, 0) is 29.8 Å². The highest BCUT2D eigenvalue weighted by Gasteiger charge is 2.05. The minimum Gasteiger partial charge on any atom is -0.456 e. The number of hydrogen-bond acceptors (Lipinski definition) is 2. The van der Waals surface area contributed by atoms with Crippen LogP contribution in [0.1, 0.15) is 11.1 Å². The molecule has 0 bridgehead atoms. The van der Waals surface area contributed by atoms with Crippen molar-refractivity contribution >= 4 is 31.9 Å². The van der Waals surface area contributed by atoms with Crippen molar-refractivity contribution in [3.05, 3.63) is 58.1 Å².